The molecule has 0 aliphatic carbocycles. The maximum Gasteiger partial charge on any atom is 0.159 e. The van der Waals surface area contributed by atoms with Gasteiger partial charge in [-0.3, -0.25) is 0 Å². The highest BCUT2D eigenvalue weighted by molar-refractivity contribution is 7.80. The summed E-state index contributed by atoms with van der Waals surface area (Å²) in [4.78, 5) is 8.50. The van der Waals surface area contributed by atoms with E-state index in [0.717, 1.165) is 12.1 Å². The Kier molecular flexibility index (Phi) is 2.64. The molecule has 76 valence electrons. The van der Waals surface area contributed by atoms with Crippen molar-refractivity contribution in [2.24, 2.45) is 0 Å². The minimum Gasteiger partial charge on any atom is -0.235 e. The van der Waals surface area contributed by atoms with Crippen LogP contribution in [0.15, 0.2) is 35.5 Å². The zero-order valence-corrected chi connectivity index (χ0v) is 8.38. The van der Waals surface area contributed by atoms with Crippen molar-refractivity contribution in [1.82, 2.24) is 9.97 Å². The lowest BCUT2D eigenvalue weighted by Gasteiger charge is -2.00. The maximum atomic E-state index is 12.9. The molecular formula is C10H6F2N2S. The van der Waals surface area contributed by atoms with Crippen molar-refractivity contribution in [3.05, 3.63) is 42.2 Å². The number of benzene rings is 1. The molecule has 1 aromatic heterocycles. The van der Waals surface area contributed by atoms with Crippen molar-refractivity contribution < 1.29 is 8.78 Å². The van der Waals surface area contributed by atoms with E-state index in [1.54, 1.807) is 0 Å². The summed E-state index contributed by atoms with van der Waals surface area (Å²) in [5.41, 5.74) is 0.433. The van der Waals surface area contributed by atoms with Gasteiger partial charge in [0.25, 0.3) is 0 Å². The fourth-order valence-electron chi connectivity index (χ4n) is 1.11. The summed E-state index contributed by atoms with van der Waals surface area (Å²) in [6.07, 6.45) is 2.99. The van der Waals surface area contributed by atoms with E-state index in [-0.39, 0.29) is 0 Å². The normalized spacial score (nSPS) is 10.3. The van der Waals surface area contributed by atoms with E-state index in [2.05, 4.69) is 22.6 Å². The lowest BCUT2D eigenvalue weighted by molar-refractivity contribution is 0.509. The Balaban J connectivity index is 2.45. The smallest absolute Gasteiger partial charge is 0.159 e. The van der Waals surface area contributed by atoms with Gasteiger partial charge in [0.1, 0.15) is 0 Å². The van der Waals surface area contributed by atoms with E-state index in [9.17, 15) is 8.78 Å². The average Bonchev–Trinajstić information content (AvgIpc) is 2.23. The largest absolute Gasteiger partial charge is 0.235 e. The number of nitrogens with zero attached hydrogens (tertiary/aromatic N) is 2. The molecule has 0 atom stereocenters. The topological polar surface area (TPSA) is 25.8 Å². The van der Waals surface area contributed by atoms with Crippen LogP contribution in [0.2, 0.25) is 0 Å². The first-order valence-electron chi connectivity index (χ1n) is 4.13. The van der Waals surface area contributed by atoms with Gasteiger partial charge in [-0.25, -0.2) is 18.7 Å². The van der Waals surface area contributed by atoms with Crippen LogP contribution in [0, 0.1) is 11.6 Å². The number of halogens is 2. The van der Waals surface area contributed by atoms with Gasteiger partial charge in [0.05, 0.1) is 0 Å². The summed E-state index contributed by atoms with van der Waals surface area (Å²) in [7, 11) is 0. The van der Waals surface area contributed by atoms with Gasteiger partial charge < -0.3 is 0 Å². The van der Waals surface area contributed by atoms with E-state index in [1.807, 2.05) is 0 Å². The number of aromatic nitrogens is 2. The highest BCUT2D eigenvalue weighted by Gasteiger charge is 2.05. The van der Waals surface area contributed by atoms with Crippen molar-refractivity contribution in [2.75, 3.05) is 0 Å². The Morgan fingerprint density at radius 3 is 2.27 bits per heavy atom. The van der Waals surface area contributed by atoms with Gasteiger partial charge >= 0.3 is 0 Å². The summed E-state index contributed by atoms with van der Waals surface area (Å²) >= 11 is 4.02. The van der Waals surface area contributed by atoms with E-state index < -0.39 is 11.6 Å². The molecular weight excluding hydrogens is 218 g/mol. The second kappa shape index (κ2) is 3.94. The molecule has 0 aliphatic heterocycles. The predicted octanol–water partition coefficient (Wildman–Crippen LogP) is 2.71. The molecule has 0 amide bonds. The molecule has 5 heteroatoms. The highest BCUT2D eigenvalue weighted by Crippen LogP contribution is 2.17. The summed E-state index contributed by atoms with van der Waals surface area (Å²) in [6, 6.07) is 3.53. The van der Waals surface area contributed by atoms with Gasteiger partial charge in [-0.15, -0.1) is 12.6 Å². The highest BCUT2D eigenvalue weighted by atomic mass is 32.1. The van der Waals surface area contributed by atoms with E-state index >= 15 is 0 Å². The fraction of sp³-hybridized carbons (Fsp3) is 0. The third kappa shape index (κ3) is 2.12. The second-order valence-electron chi connectivity index (χ2n) is 2.89. The molecule has 2 rings (SSSR count). The average molecular weight is 224 g/mol. The molecule has 0 N–H and O–H groups in total. The quantitative estimate of drug-likeness (QED) is 0.753. The molecule has 1 aromatic carbocycles. The van der Waals surface area contributed by atoms with E-state index in [1.165, 1.54) is 18.5 Å². The molecule has 0 unspecified atom stereocenters. The number of hydrogen-bond donors (Lipinski definition) is 1. The molecule has 0 aliphatic rings. The fourth-order valence-corrected chi connectivity index (χ4v) is 1.22. The van der Waals surface area contributed by atoms with Crippen molar-refractivity contribution in [3.63, 3.8) is 0 Å². The van der Waals surface area contributed by atoms with Crippen molar-refractivity contribution in [2.45, 2.75) is 4.90 Å². The Labute approximate surface area is 90.4 Å². The third-order valence-electron chi connectivity index (χ3n) is 1.82. The van der Waals surface area contributed by atoms with Crippen LogP contribution in [-0.2, 0) is 0 Å². The maximum absolute atomic E-state index is 12.9. The first kappa shape index (κ1) is 10.0. The Hall–Kier alpha value is -1.49. The lowest BCUT2D eigenvalue weighted by atomic mass is 10.2. The van der Waals surface area contributed by atoms with Crippen LogP contribution in [0.5, 0.6) is 0 Å². The lowest BCUT2D eigenvalue weighted by Crippen LogP contribution is -1.90. The van der Waals surface area contributed by atoms with Gasteiger partial charge in [-0.1, -0.05) is 0 Å². The predicted molar refractivity (Wildman–Crippen MR) is 54.6 cm³/mol. The van der Waals surface area contributed by atoms with E-state index in [0.29, 0.717) is 16.3 Å². The zero-order valence-electron chi connectivity index (χ0n) is 7.48. The number of rotatable bonds is 1. The van der Waals surface area contributed by atoms with Gasteiger partial charge in [-0.2, -0.15) is 0 Å². The Morgan fingerprint density at radius 1 is 1.00 bits per heavy atom. The van der Waals surface area contributed by atoms with Crippen LogP contribution in [0.3, 0.4) is 0 Å². The summed E-state index contributed by atoms with van der Waals surface area (Å²) < 4.78 is 25.5. The molecule has 15 heavy (non-hydrogen) atoms. The van der Waals surface area contributed by atoms with Crippen LogP contribution in [-0.4, -0.2) is 9.97 Å². The summed E-state index contributed by atoms with van der Waals surface area (Å²) in [5.74, 6) is -1.46. The summed E-state index contributed by atoms with van der Waals surface area (Å²) in [5, 5.41) is 0. The standard InChI is InChI=1S/C10H6F2N2S/c11-8-2-1-6(3-9(8)12)10-13-4-7(15)5-14-10/h1-5,15H. The van der Waals surface area contributed by atoms with Crippen LogP contribution < -0.4 is 0 Å². The van der Waals surface area contributed by atoms with Crippen LogP contribution in [0.4, 0.5) is 8.78 Å². The van der Waals surface area contributed by atoms with Gasteiger partial charge in [0.2, 0.25) is 0 Å². The van der Waals surface area contributed by atoms with Crippen LogP contribution >= 0.6 is 12.6 Å². The first-order chi connectivity index (χ1) is 7.16. The molecule has 0 saturated heterocycles. The monoisotopic (exact) mass is 224 g/mol. The Morgan fingerprint density at radius 2 is 1.67 bits per heavy atom. The van der Waals surface area contributed by atoms with Gasteiger partial charge in [0, 0.05) is 22.9 Å². The van der Waals surface area contributed by atoms with Gasteiger partial charge in [0.15, 0.2) is 17.5 Å². The number of thiol groups is 1. The minimum atomic E-state index is -0.911. The van der Waals surface area contributed by atoms with Crippen molar-refractivity contribution in [1.29, 1.82) is 0 Å². The molecule has 0 radical (unpaired) electrons. The first-order valence-corrected chi connectivity index (χ1v) is 4.58. The van der Waals surface area contributed by atoms with Crippen LogP contribution in [0.1, 0.15) is 0 Å². The van der Waals surface area contributed by atoms with Gasteiger partial charge in [-0.05, 0) is 18.2 Å². The molecule has 0 spiro atoms. The Bertz CT molecular complexity index is 485. The minimum absolute atomic E-state index is 0.340. The molecule has 0 saturated carbocycles. The molecule has 2 aromatic rings. The molecule has 2 nitrogen and oxygen atoms in total. The molecule has 1 heterocycles. The van der Waals surface area contributed by atoms with E-state index in [4.69, 9.17) is 0 Å². The number of hydrogen-bond acceptors (Lipinski definition) is 3. The second-order valence-corrected chi connectivity index (χ2v) is 3.41. The van der Waals surface area contributed by atoms with Crippen molar-refractivity contribution >= 4 is 12.6 Å². The molecule has 0 fully saturated rings. The third-order valence-corrected chi connectivity index (χ3v) is 2.05. The summed E-state index contributed by atoms with van der Waals surface area (Å²) in [6.45, 7) is 0. The SMILES string of the molecule is Fc1ccc(-c2ncc(S)cn2)cc1F. The van der Waals surface area contributed by atoms with Crippen LogP contribution in [0.25, 0.3) is 11.4 Å². The zero-order chi connectivity index (χ0) is 10.8. The molecule has 0 bridgehead atoms. The van der Waals surface area contributed by atoms with Crippen molar-refractivity contribution in [3.8, 4) is 11.4 Å².